The molecule has 0 bridgehead atoms. The molecule has 0 fully saturated rings. The van der Waals surface area contributed by atoms with Crippen LogP contribution >= 0.6 is 0 Å². The van der Waals surface area contributed by atoms with Crippen molar-refractivity contribution >= 4 is 5.78 Å². The molecule has 19 heavy (non-hydrogen) atoms. The minimum atomic E-state index is 0.102. The second kappa shape index (κ2) is 6.14. The third-order valence-corrected chi connectivity index (χ3v) is 2.89. The Labute approximate surface area is 113 Å². The van der Waals surface area contributed by atoms with E-state index in [2.05, 4.69) is 4.98 Å². The summed E-state index contributed by atoms with van der Waals surface area (Å²) in [7, 11) is 0. The number of ketones is 1. The van der Waals surface area contributed by atoms with Crippen molar-refractivity contribution in [2.75, 3.05) is 0 Å². The summed E-state index contributed by atoms with van der Waals surface area (Å²) < 4.78 is 5.67. The topological polar surface area (TPSA) is 39.2 Å². The molecule has 3 heteroatoms. The fraction of sp³-hybridized carbons (Fsp3) is 0.250. The number of aryl methyl sites for hydroxylation is 1. The van der Waals surface area contributed by atoms with Crippen molar-refractivity contribution in [1.82, 2.24) is 4.98 Å². The molecule has 0 saturated carbocycles. The zero-order chi connectivity index (χ0) is 13.7. The van der Waals surface area contributed by atoms with Crippen LogP contribution in [0.2, 0.25) is 0 Å². The number of Topliss-reactive ketones (excluding diaryl/α,β-unsaturated/α-hetero) is 1. The summed E-state index contributed by atoms with van der Waals surface area (Å²) in [5, 5.41) is 0. The highest BCUT2D eigenvalue weighted by molar-refractivity contribution is 5.95. The van der Waals surface area contributed by atoms with E-state index in [1.807, 2.05) is 50.2 Å². The Kier molecular flexibility index (Phi) is 4.29. The number of aromatic nitrogens is 1. The van der Waals surface area contributed by atoms with Gasteiger partial charge in [0.05, 0.1) is 0 Å². The molecule has 1 aromatic heterocycles. The summed E-state index contributed by atoms with van der Waals surface area (Å²) in [6.07, 6.45) is 2.07. The van der Waals surface area contributed by atoms with E-state index in [1.165, 1.54) is 0 Å². The summed E-state index contributed by atoms with van der Waals surface area (Å²) in [4.78, 5) is 15.8. The summed E-state index contributed by atoms with van der Waals surface area (Å²) >= 11 is 0. The summed E-state index contributed by atoms with van der Waals surface area (Å²) in [5.41, 5.74) is 2.62. The Bertz CT molecular complexity index is 564. The van der Waals surface area contributed by atoms with Crippen molar-refractivity contribution in [3.8, 4) is 5.88 Å². The van der Waals surface area contributed by atoms with Crippen molar-refractivity contribution in [3.05, 3.63) is 59.3 Å². The van der Waals surface area contributed by atoms with Gasteiger partial charge in [0.1, 0.15) is 6.61 Å². The van der Waals surface area contributed by atoms with Gasteiger partial charge in [-0.15, -0.1) is 0 Å². The number of hydrogen-bond donors (Lipinski definition) is 0. The standard InChI is InChI=1S/C16H17NO2/c1-3-15(18)14-9-12(2)16(17-10-14)19-11-13-7-5-4-6-8-13/h4-10H,3,11H2,1-2H3. The van der Waals surface area contributed by atoms with Gasteiger partial charge in [-0.05, 0) is 18.6 Å². The summed E-state index contributed by atoms with van der Waals surface area (Å²) in [5.74, 6) is 0.682. The highest BCUT2D eigenvalue weighted by Crippen LogP contribution is 2.17. The number of benzene rings is 1. The highest BCUT2D eigenvalue weighted by Gasteiger charge is 2.08. The molecule has 0 N–H and O–H groups in total. The smallest absolute Gasteiger partial charge is 0.216 e. The van der Waals surface area contributed by atoms with E-state index >= 15 is 0 Å². The number of hydrogen-bond acceptors (Lipinski definition) is 3. The first kappa shape index (κ1) is 13.3. The van der Waals surface area contributed by atoms with Gasteiger partial charge < -0.3 is 4.74 Å². The molecule has 0 amide bonds. The van der Waals surface area contributed by atoms with Crippen LogP contribution in [0.15, 0.2) is 42.6 Å². The Morgan fingerprint density at radius 3 is 2.63 bits per heavy atom. The largest absolute Gasteiger partial charge is 0.473 e. The third-order valence-electron chi connectivity index (χ3n) is 2.89. The third kappa shape index (κ3) is 3.41. The molecule has 0 unspecified atom stereocenters. The lowest BCUT2D eigenvalue weighted by Gasteiger charge is -2.09. The lowest BCUT2D eigenvalue weighted by Crippen LogP contribution is -2.02. The van der Waals surface area contributed by atoms with Crippen LogP contribution in [0, 0.1) is 6.92 Å². The van der Waals surface area contributed by atoms with Crippen molar-refractivity contribution < 1.29 is 9.53 Å². The van der Waals surface area contributed by atoms with Gasteiger partial charge in [-0.25, -0.2) is 4.98 Å². The average Bonchev–Trinajstić information content (AvgIpc) is 2.46. The van der Waals surface area contributed by atoms with Gasteiger partial charge in [-0.1, -0.05) is 37.3 Å². The molecular formula is C16H17NO2. The van der Waals surface area contributed by atoms with Crippen LogP contribution in [-0.4, -0.2) is 10.8 Å². The van der Waals surface area contributed by atoms with E-state index in [-0.39, 0.29) is 5.78 Å². The Balaban J connectivity index is 2.07. The van der Waals surface area contributed by atoms with Crippen LogP contribution in [-0.2, 0) is 6.61 Å². The number of carbonyl (C=O) groups is 1. The molecule has 0 aliphatic heterocycles. The minimum absolute atomic E-state index is 0.102. The molecule has 2 rings (SSSR count). The maximum atomic E-state index is 11.6. The van der Waals surface area contributed by atoms with E-state index in [4.69, 9.17) is 4.74 Å². The quantitative estimate of drug-likeness (QED) is 0.767. The fourth-order valence-corrected chi connectivity index (χ4v) is 1.80. The van der Waals surface area contributed by atoms with Gasteiger partial charge >= 0.3 is 0 Å². The first-order valence-electron chi connectivity index (χ1n) is 6.37. The Morgan fingerprint density at radius 2 is 2.00 bits per heavy atom. The predicted octanol–water partition coefficient (Wildman–Crippen LogP) is 3.56. The van der Waals surface area contributed by atoms with Crippen molar-refractivity contribution in [2.45, 2.75) is 26.9 Å². The SMILES string of the molecule is CCC(=O)c1cnc(OCc2ccccc2)c(C)c1. The van der Waals surface area contributed by atoms with Crippen LogP contribution in [0.5, 0.6) is 5.88 Å². The number of nitrogens with zero attached hydrogens (tertiary/aromatic N) is 1. The van der Waals surface area contributed by atoms with Crippen molar-refractivity contribution in [1.29, 1.82) is 0 Å². The number of carbonyl (C=O) groups excluding carboxylic acids is 1. The molecule has 0 saturated heterocycles. The number of pyridine rings is 1. The van der Waals surface area contributed by atoms with Gasteiger partial charge in [0, 0.05) is 23.7 Å². The molecule has 0 aliphatic carbocycles. The lowest BCUT2D eigenvalue weighted by molar-refractivity contribution is 0.0987. The van der Waals surface area contributed by atoms with E-state index in [0.717, 1.165) is 11.1 Å². The number of ether oxygens (including phenoxy) is 1. The molecule has 3 nitrogen and oxygen atoms in total. The second-order valence-electron chi connectivity index (χ2n) is 4.40. The second-order valence-corrected chi connectivity index (χ2v) is 4.40. The van der Waals surface area contributed by atoms with Gasteiger partial charge in [0.25, 0.3) is 0 Å². The van der Waals surface area contributed by atoms with E-state index in [1.54, 1.807) is 6.20 Å². The van der Waals surface area contributed by atoms with Crippen LogP contribution in [0.4, 0.5) is 0 Å². The van der Waals surface area contributed by atoms with Crippen molar-refractivity contribution in [2.24, 2.45) is 0 Å². The minimum Gasteiger partial charge on any atom is -0.473 e. The highest BCUT2D eigenvalue weighted by atomic mass is 16.5. The van der Waals surface area contributed by atoms with E-state index in [9.17, 15) is 4.79 Å². The van der Waals surface area contributed by atoms with Gasteiger partial charge in [0.15, 0.2) is 5.78 Å². The predicted molar refractivity (Wildman–Crippen MR) is 74.4 cm³/mol. The molecule has 0 aliphatic rings. The zero-order valence-electron chi connectivity index (χ0n) is 11.2. The zero-order valence-corrected chi connectivity index (χ0v) is 11.2. The first-order chi connectivity index (χ1) is 9.20. The Hall–Kier alpha value is -2.16. The van der Waals surface area contributed by atoms with Crippen LogP contribution < -0.4 is 4.74 Å². The Morgan fingerprint density at radius 1 is 1.26 bits per heavy atom. The van der Waals surface area contributed by atoms with Crippen LogP contribution in [0.25, 0.3) is 0 Å². The van der Waals surface area contributed by atoms with E-state index < -0.39 is 0 Å². The van der Waals surface area contributed by atoms with Gasteiger partial charge in [-0.3, -0.25) is 4.79 Å². The van der Waals surface area contributed by atoms with Crippen LogP contribution in [0.3, 0.4) is 0 Å². The van der Waals surface area contributed by atoms with Crippen molar-refractivity contribution in [3.63, 3.8) is 0 Å². The maximum Gasteiger partial charge on any atom is 0.216 e. The fourth-order valence-electron chi connectivity index (χ4n) is 1.80. The molecule has 1 heterocycles. The summed E-state index contributed by atoms with van der Waals surface area (Å²) in [6, 6.07) is 11.8. The lowest BCUT2D eigenvalue weighted by atomic mass is 10.1. The molecule has 0 radical (unpaired) electrons. The first-order valence-corrected chi connectivity index (χ1v) is 6.37. The maximum absolute atomic E-state index is 11.6. The monoisotopic (exact) mass is 255 g/mol. The molecule has 2 aromatic rings. The van der Waals surface area contributed by atoms with Gasteiger partial charge in [0.2, 0.25) is 5.88 Å². The molecule has 98 valence electrons. The molecule has 1 aromatic carbocycles. The van der Waals surface area contributed by atoms with Gasteiger partial charge in [-0.2, -0.15) is 0 Å². The average molecular weight is 255 g/mol. The molecule has 0 atom stereocenters. The van der Waals surface area contributed by atoms with E-state index in [0.29, 0.717) is 24.5 Å². The van der Waals surface area contributed by atoms with Crippen LogP contribution in [0.1, 0.15) is 34.8 Å². The molecule has 0 spiro atoms. The molecular weight excluding hydrogens is 238 g/mol. The number of rotatable bonds is 5. The summed E-state index contributed by atoms with van der Waals surface area (Å²) in [6.45, 7) is 4.23. The normalized spacial score (nSPS) is 10.2.